The molecule has 0 bridgehead atoms. The number of rotatable bonds is 6. The average Bonchev–Trinajstić information content (AvgIpc) is 2.78. The topological polar surface area (TPSA) is 60.0 Å². The Bertz CT molecular complexity index is 433. The summed E-state index contributed by atoms with van der Waals surface area (Å²) in [5.74, 6) is -0.0615. The van der Waals surface area contributed by atoms with Crippen molar-refractivity contribution in [3.8, 4) is 0 Å². The number of halogens is 2. The number of amides is 1. The molecule has 0 saturated carbocycles. The molecule has 3 N–H and O–H groups in total. The first kappa shape index (κ1) is 19.5. The van der Waals surface area contributed by atoms with Crippen LogP contribution in [-0.2, 0) is 0 Å². The van der Waals surface area contributed by atoms with Gasteiger partial charge in [0, 0.05) is 23.3 Å². The van der Waals surface area contributed by atoms with Gasteiger partial charge in [0.1, 0.15) is 5.69 Å². The predicted molar refractivity (Wildman–Crippen MR) is 89.6 cm³/mol. The predicted octanol–water partition coefficient (Wildman–Crippen LogP) is 3.50. The third-order valence-corrected chi connectivity index (χ3v) is 4.16. The molecule has 1 amide bonds. The van der Waals surface area contributed by atoms with Gasteiger partial charge in [-0.2, -0.15) is 0 Å². The van der Waals surface area contributed by atoms with E-state index in [2.05, 4.69) is 35.1 Å². The van der Waals surface area contributed by atoms with Crippen LogP contribution in [0.2, 0.25) is 0 Å². The van der Waals surface area contributed by atoms with Gasteiger partial charge in [-0.15, -0.1) is 12.4 Å². The van der Waals surface area contributed by atoms with Crippen LogP contribution >= 0.6 is 28.3 Å². The van der Waals surface area contributed by atoms with Crippen molar-refractivity contribution >= 4 is 34.2 Å². The number of nitrogens with zero attached hydrogens (tertiary/aromatic N) is 1. The molecule has 0 spiro atoms. The number of nitrogens with one attached hydrogen (secondary N) is 1. The van der Waals surface area contributed by atoms with Crippen molar-refractivity contribution in [2.75, 3.05) is 6.54 Å². The zero-order valence-corrected chi connectivity index (χ0v) is 15.0. The zero-order chi connectivity index (χ0) is 14.6. The van der Waals surface area contributed by atoms with E-state index in [-0.39, 0.29) is 29.9 Å². The summed E-state index contributed by atoms with van der Waals surface area (Å²) in [4.78, 5) is 12.5. The molecule has 0 atom stereocenters. The minimum Gasteiger partial charge on any atom is -0.344 e. The first-order chi connectivity index (χ1) is 8.89. The molecule has 0 aliphatic rings. The van der Waals surface area contributed by atoms with Gasteiger partial charge < -0.3 is 15.6 Å². The maximum atomic E-state index is 12.5. The van der Waals surface area contributed by atoms with Gasteiger partial charge in [0.2, 0.25) is 0 Å². The molecule has 1 aromatic heterocycles. The lowest BCUT2D eigenvalue weighted by Gasteiger charge is -2.31. The van der Waals surface area contributed by atoms with Gasteiger partial charge in [0.15, 0.2) is 0 Å². The fourth-order valence-electron chi connectivity index (χ4n) is 2.13. The van der Waals surface area contributed by atoms with Gasteiger partial charge in [-0.1, -0.05) is 13.8 Å². The van der Waals surface area contributed by atoms with Crippen molar-refractivity contribution in [3.05, 3.63) is 22.4 Å². The van der Waals surface area contributed by atoms with E-state index < -0.39 is 0 Å². The Hall–Kier alpha value is -0.520. The number of aromatic nitrogens is 1. The van der Waals surface area contributed by atoms with E-state index in [0.717, 1.165) is 17.3 Å². The van der Waals surface area contributed by atoms with E-state index in [1.54, 1.807) is 0 Å². The third-order valence-electron chi connectivity index (χ3n) is 3.73. The first-order valence-corrected chi connectivity index (χ1v) is 7.58. The molecule has 0 saturated heterocycles. The fraction of sp³-hybridized carbons (Fsp3) is 0.643. The van der Waals surface area contributed by atoms with Gasteiger partial charge in [-0.25, -0.2) is 0 Å². The molecule has 116 valence electrons. The van der Waals surface area contributed by atoms with Crippen LogP contribution in [0.4, 0.5) is 0 Å². The van der Waals surface area contributed by atoms with Crippen molar-refractivity contribution < 1.29 is 4.79 Å². The van der Waals surface area contributed by atoms with E-state index >= 15 is 0 Å². The quantitative estimate of drug-likeness (QED) is 0.809. The maximum Gasteiger partial charge on any atom is 0.268 e. The summed E-state index contributed by atoms with van der Waals surface area (Å²) in [6, 6.07) is 2.09. The third kappa shape index (κ3) is 4.24. The normalized spacial score (nSPS) is 11.3. The van der Waals surface area contributed by atoms with Crippen LogP contribution in [0.3, 0.4) is 0 Å². The van der Waals surface area contributed by atoms with Crippen LogP contribution in [0.25, 0.3) is 0 Å². The Balaban J connectivity index is 0.00000361. The maximum absolute atomic E-state index is 12.5. The minimum atomic E-state index is -0.310. The SMILES string of the molecule is CCC(CC)(CN)NC(=O)c1cc(Br)cn1C(C)C.Cl. The Morgan fingerprint density at radius 1 is 1.45 bits per heavy atom. The fourth-order valence-corrected chi connectivity index (χ4v) is 2.56. The van der Waals surface area contributed by atoms with Crippen molar-refractivity contribution in [1.29, 1.82) is 0 Å². The lowest BCUT2D eigenvalue weighted by atomic mass is 9.93. The molecule has 1 aromatic rings. The molecular formula is C14H25BrClN3O. The molecule has 1 heterocycles. The van der Waals surface area contributed by atoms with Crippen LogP contribution in [0, 0.1) is 0 Å². The van der Waals surface area contributed by atoms with Crippen LogP contribution < -0.4 is 11.1 Å². The average molecular weight is 367 g/mol. The van der Waals surface area contributed by atoms with E-state index in [0.29, 0.717) is 12.2 Å². The van der Waals surface area contributed by atoms with Crippen LogP contribution in [-0.4, -0.2) is 22.6 Å². The number of hydrogen-bond donors (Lipinski definition) is 2. The Kier molecular flexibility index (Phi) is 7.84. The lowest BCUT2D eigenvalue weighted by molar-refractivity contribution is 0.0884. The molecule has 1 rings (SSSR count). The summed E-state index contributed by atoms with van der Waals surface area (Å²) in [5.41, 5.74) is 6.19. The molecule has 0 aliphatic heterocycles. The van der Waals surface area contributed by atoms with Crippen LogP contribution in [0.1, 0.15) is 57.1 Å². The molecule has 6 heteroatoms. The highest BCUT2D eigenvalue weighted by Crippen LogP contribution is 2.21. The molecule has 4 nitrogen and oxygen atoms in total. The zero-order valence-electron chi connectivity index (χ0n) is 12.6. The summed E-state index contributed by atoms with van der Waals surface area (Å²) in [6.07, 6.45) is 3.59. The van der Waals surface area contributed by atoms with Gasteiger partial charge in [-0.05, 0) is 48.7 Å². The highest BCUT2D eigenvalue weighted by Gasteiger charge is 2.28. The van der Waals surface area contributed by atoms with E-state index in [1.807, 2.05) is 30.7 Å². The van der Waals surface area contributed by atoms with Crippen molar-refractivity contribution in [1.82, 2.24) is 9.88 Å². The largest absolute Gasteiger partial charge is 0.344 e. The Morgan fingerprint density at radius 2 is 2.00 bits per heavy atom. The molecule has 0 aromatic carbocycles. The van der Waals surface area contributed by atoms with E-state index in [4.69, 9.17) is 5.73 Å². The summed E-state index contributed by atoms with van der Waals surface area (Å²) >= 11 is 3.42. The molecule has 0 aliphatic carbocycles. The second kappa shape index (κ2) is 8.05. The number of carbonyl (C=O) groups excluding carboxylic acids is 1. The van der Waals surface area contributed by atoms with Gasteiger partial charge in [-0.3, -0.25) is 4.79 Å². The second-order valence-electron chi connectivity index (χ2n) is 5.19. The lowest BCUT2D eigenvalue weighted by Crippen LogP contribution is -2.53. The highest BCUT2D eigenvalue weighted by molar-refractivity contribution is 9.10. The molecule has 0 unspecified atom stereocenters. The smallest absolute Gasteiger partial charge is 0.268 e. The summed E-state index contributed by atoms with van der Waals surface area (Å²) in [7, 11) is 0. The van der Waals surface area contributed by atoms with Gasteiger partial charge >= 0.3 is 0 Å². The van der Waals surface area contributed by atoms with E-state index in [9.17, 15) is 4.79 Å². The molecular weight excluding hydrogens is 342 g/mol. The summed E-state index contributed by atoms with van der Waals surface area (Å²) < 4.78 is 2.88. The molecule has 0 fully saturated rings. The van der Waals surface area contributed by atoms with Crippen LogP contribution in [0.15, 0.2) is 16.7 Å². The Morgan fingerprint density at radius 3 is 2.40 bits per heavy atom. The van der Waals surface area contributed by atoms with Crippen molar-refractivity contribution in [2.24, 2.45) is 5.73 Å². The molecule has 20 heavy (non-hydrogen) atoms. The minimum absolute atomic E-state index is 0. The van der Waals surface area contributed by atoms with Crippen molar-refractivity contribution in [3.63, 3.8) is 0 Å². The first-order valence-electron chi connectivity index (χ1n) is 6.79. The number of hydrogen-bond acceptors (Lipinski definition) is 2. The van der Waals surface area contributed by atoms with Gasteiger partial charge in [0.25, 0.3) is 5.91 Å². The standard InChI is InChI=1S/C14H24BrN3O.ClH/c1-5-14(6-2,9-16)17-13(19)12-7-11(15)8-18(12)10(3)4;/h7-8,10H,5-6,9,16H2,1-4H3,(H,17,19);1H. The Labute approximate surface area is 136 Å². The van der Waals surface area contributed by atoms with Crippen LogP contribution in [0.5, 0.6) is 0 Å². The van der Waals surface area contributed by atoms with Crippen molar-refractivity contribution in [2.45, 2.75) is 52.1 Å². The highest BCUT2D eigenvalue weighted by atomic mass is 79.9. The second-order valence-corrected chi connectivity index (χ2v) is 6.11. The van der Waals surface area contributed by atoms with E-state index in [1.165, 1.54) is 0 Å². The summed E-state index contributed by atoms with van der Waals surface area (Å²) in [5, 5.41) is 3.10. The number of carbonyl (C=O) groups is 1. The molecule has 0 radical (unpaired) electrons. The monoisotopic (exact) mass is 365 g/mol. The number of nitrogens with two attached hydrogens (primary N) is 1. The van der Waals surface area contributed by atoms with Gasteiger partial charge in [0.05, 0.1) is 5.54 Å². The summed E-state index contributed by atoms with van der Waals surface area (Å²) in [6.45, 7) is 8.66.